The average molecular weight is 555 g/mol. The first-order chi connectivity index (χ1) is 19.4. The Balaban J connectivity index is 1.11. The number of terminal acetylenes is 1. The lowest BCUT2D eigenvalue weighted by Gasteiger charge is -2.28. The molecule has 6 rings (SSSR count). The number of rotatable bonds is 6. The van der Waals surface area contributed by atoms with Crippen LogP contribution < -0.4 is 5.32 Å². The number of carbonyl (C=O) groups is 2. The lowest BCUT2D eigenvalue weighted by atomic mass is 9.87. The molecule has 2 N–H and O–H groups in total. The molecule has 2 aliphatic rings. The van der Waals surface area contributed by atoms with E-state index in [0.717, 1.165) is 27.9 Å². The molecule has 2 aliphatic heterocycles. The Labute approximate surface area is 234 Å². The van der Waals surface area contributed by atoms with E-state index in [0.29, 0.717) is 44.0 Å². The summed E-state index contributed by atoms with van der Waals surface area (Å²) in [5.41, 5.74) is 2.95. The van der Waals surface area contributed by atoms with Gasteiger partial charge in [0.05, 0.1) is 17.8 Å². The van der Waals surface area contributed by atoms with Gasteiger partial charge >= 0.3 is 0 Å². The summed E-state index contributed by atoms with van der Waals surface area (Å²) in [6, 6.07) is 11.6. The SMILES string of the molecule is C#CC1(C(=O)Nc2ccc3[nH]nc(-c4ccc(F)cc4)c3c2)CCN(CC(=O)N2CC=C(c3nccs3)CC2)C1. The molecule has 4 heterocycles. The number of hydrogen-bond donors (Lipinski definition) is 2. The van der Waals surface area contributed by atoms with Crippen molar-refractivity contribution in [1.82, 2.24) is 25.0 Å². The van der Waals surface area contributed by atoms with Crippen molar-refractivity contribution in [2.45, 2.75) is 12.8 Å². The molecule has 2 aromatic heterocycles. The van der Waals surface area contributed by atoms with Gasteiger partial charge in [-0.05, 0) is 60.9 Å². The van der Waals surface area contributed by atoms with Gasteiger partial charge in [0, 0.05) is 54.4 Å². The van der Waals surface area contributed by atoms with Gasteiger partial charge in [0.1, 0.15) is 16.2 Å². The number of nitrogens with one attached hydrogen (secondary N) is 2. The van der Waals surface area contributed by atoms with E-state index in [-0.39, 0.29) is 24.2 Å². The van der Waals surface area contributed by atoms with Crippen LogP contribution >= 0.6 is 11.3 Å². The highest BCUT2D eigenvalue weighted by atomic mass is 32.1. The van der Waals surface area contributed by atoms with E-state index < -0.39 is 5.41 Å². The van der Waals surface area contributed by atoms with Crippen molar-refractivity contribution >= 4 is 45.3 Å². The lowest BCUT2D eigenvalue weighted by Crippen LogP contribution is -2.43. The third kappa shape index (κ3) is 5.01. The Morgan fingerprint density at radius 2 is 2.05 bits per heavy atom. The molecule has 0 bridgehead atoms. The number of thiazole rings is 1. The summed E-state index contributed by atoms with van der Waals surface area (Å²) in [5.74, 6) is 2.16. The first-order valence-corrected chi connectivity index (χ1v) is 13.9. The van der Waals surface area contributed by atoms with Crippen LogP contribution in [0.15, 0.2) is 60.1 Å². The van der Waals surface area contributed by atoms with Crippen LogP contribution in [0.3, 0.4) is 0 Å². The molecule has 2 aromatic carbocycles. The van der Waals surface area contributed by atoms with Crippen molar-refractivity contribution in [3.05, 3.63) is 70.9 Å². The van der Waals surface area contributed by atoms with Gasteiger partial charge in [-0.1, -0.05) is 12.0 Å². The summed E-state index contributed by atoms with van der Waals surface area (Å²) in [5, 5.41) is 14.1. The predicted octanol–water partition coefficient (Wildman–Crippen LogP) is 4.41. The summed E-state index contributed by atoms with van der Waals surface area (Å²) >= 11 is 1.61. The number of H-pyrrole nitrogens is 1. The zero-order valence-corrected chi connectivity index (χ0v) is 22.5. The molecule has 0 spiro atoms. The first kappa shape index (κ1) is 25.9. The zero-order valence-electron chi connectivity index (χ0n) is 21.7. The van der Waals surface area contributed by atoms with Crippen LogP contribution in [0.4, 0.5) is 10.1 Å². The van der Waals surface area contributed by atoms with Gasteiger partial charge in [0.2, 0.25) is 11.8 Å². The minimum Gasteiger partial charge on any atom is -0.338 e. The number of halogens is 1. The molecule has 1 fully saturated rings. The predicted molar refractivity (Wildman–Crippen MR) is 154 cm³/mol. The second-order valence-corrected chi connectivity index (χ2v) is 11.0. The van der Waals surface area contributed by atoms with Crippen molar-refractivity contribution in [2.75, 3.05) is 38.0 Å². The average Bonchev–Trinajstić information content (AvgIpc) is 3.74. The monoisotopic (exact) mass is 554 g/mol. The van der Waals surface area contributed by atoms with E-state index in [4.69, 9.17) is 6.42 Å². The number of fused-ring (bicyclic) bond motifs is 1. The van der Waals surface area contributed by atoms with Crippen LogP contribution in [0.25, 0.3) is 27.7 Å². The van der Waals surface area contributed by atoms with Crippen molar-refractivity contribution in [2.24, 2.45) is 5.41 Å². The van der Waals surface area contributed by atoms with Crippen molar-refractivity contribution in [1.29, 1.82) is 0 Å². The maximum Gasteiger partial charge on any atom is 0.244 e. The fraction of sp³-hybridized carbons (Fsp3) is 0.267. The van der Waals surface area contributed by atoms with Gasteiger partial charge in [0.15, 0.2) is 0 Å². The molecular formula is C30H27FN6O2S. The van der Waals surface area contributed by atoms with Crippen LogP contribution in [-0.2, 0) is 9.59 Å². The normalized spacial score (nSPS) is 19.4. The van der Waals surface area contributed by atoms with E-state index in [1.807, 2.05) is 27.3 Å². The molecule has 1 saturated heterocycles. The number of anilines is 1. The first-order valence-electron chi connectivity index (χ1n) is 13.1. The van der Waals surface area contributed by atoms with Crippen LogP contribution in [0.5, 0.6) is 0 Å². The quantitative estimate of drug-likeness (QED) is 0.345. The summed E-state index contributed by atoms with van der Waals surface area (Å²) in [7, 11) is 0. The van der Waals surface area contributed by atoms with Gasteiger partial charge in [-0.3, -0.25) is 19.6 Å². The summed E-state index contributed by atoms with van der Waals surface area (Å²) in [6.07, 6.45) is 11.0. The van der Waals surface area contributed by atoms with Gasteiger partial charge in [-0.2, -0.15) is 5.10 Å². The number of carbonyl (C=O) groups excluding carboxylic acids is 2. The summed E-state index contributed by atoms with van der Waals surface area (Å²) in [6.45, 7) is 2.30. The van der Waals surface area contributed by atoms with Gasteiger partial charge in [0.25, 0.3) is 0 Å². The Bertz CT molecular complexity index is 1640. The maximum absolute atomic E-state index is 13.5. The summed E-state index contributed by atoms with van der Waals surface area (Å²) in [4.78, 5) is 34.7. The second-order valence-electron chi connectivity index (χ2n) is 10.1. The fourth-order valence-corrected chi connectivity index (χ4v) is 6.04. The minimum atomic E-state index is -1.04. The third-order valence-corrected chi connectivity index (χ3v) is 8.47. The maximum atomic E-state index is 13.5. The van der Waals surface area contributed by atoms with E-state index in [2.05, 4.69) is 32.5 Å². The number of aromatic nitrogens is 3. The second kappa shape index (κ2) is 10.7. The molecule has 1 unspecified atom stereocenters. The van der Waals surface area contributed by atoms with Gasteiger partial charge in [-0.15, -0.1) is 17.8 Å². The molecule has 4 aromatic rings. The fourth-order valence-electron chi connectivity index (χ4n) is 5.33. The van der Waals surface area contributed by atoms with E-state index in [9.17, 15) is 14.0 Å². The Kier molecular flexibility index (Phi) is 6.92. The van der Waals surface area contributed by atoms with Gasteiger partial charge < -0.3 is 10.2 Å². The van der Waals surface area contributed by atoms with Gasteiger partial charge in [-0.25, -0.2) is 9.37 Å². The van der Waals surface area contributed by atoms with Crippen molar-refractivity contribution in [3.63, 3.8) is 0 Å². The highest BCUT2D eigenvalue weighted by Gasteiger charge is 2.44. The van der Waals surface area contributed by atoms with Crippen molar-refractivity contribution < 1.29 is 14.0 Å². The van der Waals surface area contributed by atoms with Crippen molar-refractivity contribution in [3.8, 4) is 23.6 Å². The van der Waals surface area contributed by atoms with E-state index >= 15 is 0 Å². The highest BCUT2D eigenvalue weighted by molar-refractivity contribution is 7.10. The smallest absolute Gasteiger partial charge is 0.244 e. The largest absolute Gasteiger partial charge is 0.338 e. The molecule has 0 aliphatic carbocycles. The van der Waals surface area contributed by atoms with Crippen LogP contribution in [0.1, 0.15) is 17.8 Å². The number of benzene rings is 2. The molecule has 2 amide bonds. The molecule has 202 valence electrons. The highest BCUT2D eigenvalue weighted by Crippen LogP contribution is 2.33. The molecular weight excluding hydrogens is 527 g/mol. The number of aromatic amines is 1. The van der Waals surface area contributed by atoms with E-state index in [1.54, 1.807) is 35.7 Å². The Hall–Kier alpha value is -4.33. The number of nitrogens with zero attached hydrogens (tertiary/aromatic N) is 4. The third-order valence-electron chi connectivity index (χ3n) is 7.63. The minimum absolute atomic E-state index is 0.0291. The number of likely N-dealkylation sites (tertiary alicyclic amines) is 1. The molecule has 10 heteroatoms. The van der Waals surface area contributed by atoms with Crippen LogP contribution in [0, 0.1) is 23.6 Å². The number of hydrogen-bond acceptors (Lipinski definition) is 6. The molecule has 1 atom stereocenters. The van der Waals surface area contributed by atoms with E-state index in [1.165, 1.54) is 17.7 Å². The Morgan fingerprint density at radius 1 is 1.20 bits per heavy atom. The molecule has 0 saturated carbocycles. The number of amides is 2. The standard InChI is InChI=1S/C30H27FN6O2S/c1-2-30(11-15-36(19-30)18-26(38)37-13-9-21(10-14-37)28-32-12-16-40-28)29(39)33-23-7-8-25-24(17-23)27(35-34-25)20-3-5-22(31)6-4-20/h1,3-9,12,16-17H,10-11,13-15,18-19H2,(H,33,39)(H,34,35). The Morgan fingerprint density at radius 3 is 2.77 bits per heavy atom. The molecule has 0 radical (unpaired) electrons. The van der Waals surface area contributed by atoms with Crippen LogP contribution in [0.2, 0.25) is 0 Å². The topological polar surface area (TPSA) is 94.2 Å². The summed E-state index contributed by atoms with van der Waals surface area (Å²) < 4.78 is 13.4. The zero-order chi connectivity index (χ0) is 27.7. The van der Waals surface area contributed by atoms with Crippen LogP contribution in [-0.4, -0.2) is 69.5 Å². The molecule has 8 nitrogen and oxygen atoms in total. The lowest BCUT2D eigenvalue weighted by molar-refractivity contribution is -0.132. The molecule has 40 heavy (non-hydrogen) atoms.